The van der Waals surface area contributed by atoms with Crippen LogP contribution >= 0.6 is 11.6 Å². The summed E-state index contributed by atoms with van der Waals surface area (Å²) < 4.78 is 21.6. The molecule has 5 rings (SSSR count). The predicted molar refractivity (Wildman–Crippen MR) is 141 cm³/mol. The number of nitriles is 1. The SMILES string of the molecule is N#Cc1ccc(OC[C@H](O)CN2CCC(NC(=O)c3cn(C4CC4)c4cc(Cl)c(F)cc4c3=O)CC2)cc1. The Bertz CT molecular complexity index is 1440. The number of hydrogen-bond donors (Lipinski definition) is 2. The number of hydrogen-bond acceptors (Lipinski definition) is 6. The minimum atomic E-state index is -0.691. The number of carbonyl (C=O) groups excluding carboxylic acids is 1. The Kier molecular flexibility index (Phi) is 7.65. The van der Waals surface area contributed by atoms with Gasteiger partial charge in [-0.05, 0) is 62.1 Å². The van der Waals surface area contributed by atoms with Crippen molar-refractivity contribution in [3.8, 4) is 11.8 Å². The molecule has 0 radical (unpaired) electrons. The van der Waals surface area contributed by atoms with E-state index in [0.29, 0.717) is 49.3 Å². The third kappa shape index (κ3) is 5.83. The van der Waals surface area contributed by atoms with Crippen molar-refractivity contribution in [3.63, 3.8) is 0 Å². The number of carbonyl (C=O) groups is 1. The largest absolute Gasteiger partial charge is 0.491 e. The van der Waals surface area contributed by atoms with Gasteiger partial charge in [-0.15, -0.1) is 0 Å². The topological polar surface area (TPSA) is 108 Å². The molecule has 0 spiro atoms. The Hall–Kier alpha value is -3.45. The Morgan fingerprint density at radius 3 is 2.58 bits per heavy atom. The second kappa shape index (κ2) is 11.1. The van der Waals surface area contributed by atoms with Crippen LogP contribution < -0.4 is 15.5 Å². The highest BCUT2D eigenvalue weighted by atomic mass is 35.5. The van der Waals surface area contributed by atoms with E-state index in [9.17, 15) is 19.1 Å². The standard InChI is InChI=1S/C28H28ClFN4O4/c29-24-12-26-22(11-25(24)30)27(36)23(15-34(26)19-3-4-19)28(37)32-18-7-9-33(10-8-18)14-20(35)16-38-21-5-1-17(13-31)2-6-21/h1-2,5-6,11-12,15,18-20,35H,3-4,7-10,14,16H2,(H,32,37)/t20-/m1/s1. The highest BCUT2D eigenvalue weighted by Crippen LogP contribution is 2.37. The van der Waals surface area contributed by atoms with Crippen LogP contribution in [0.25, 0.3) is 10.9 Å². The lowest BCUT2D eigenvalue weighted by atomic mass is 10.0. The van der Waals surface area contributed by atoms with Crippen LogP contribution in [0.15, 0.2) is 47.4 Å². The lowest BCUT2D eigenvalue weighted by molar-refractivity contribution is 0.0567. The Morgan fingerprint density at radius 2 is 1.92 bits per heavy atom. The minimum absolute atomic E-state index is 0.00363. The number of piperidine rings is 1. The maximum atomic E-state index is 14.2. The molecule has 10 heteroatoms. The van der Waals surface area contributed by atoms with Crippen LogP contribution in [-0.4, -0.2) is 58.9 Å². The van der Waals surface area contributed by atoms with Crippen LogP contribution in [0.2, 0.25) is 5.02 Å². The number of nitrogens with zero attached hydrogens (tertiary/aromatic N) is 3. The van der Waals surface area contributed by atoms with E-state index < -0.39 is 23.3 Å². The molecule has 1 amide bonds. The van der Waals surface area contributed by atoms with Gasteiger partial charge >= 0.3 is 0 Å². The number of nitrogens with one attached hydrogen (secondary N) is 1. The molecule has 1 atom stereocenters. The molecule has 1 saturated carbocycles. The van der Waals surface area contributed by atoms with Crippen molar-refractivity contribution in [2.75, 3.05) is 26.2 Å². The number of aliphatic hydroxyl groups is 1. The third-order valence-corrected chi connectivity index (χ3v) is 7.37. The highest BCUT2D eigenvalue weighted by molar-refractivity contribution is 6.31. The molecule has 2 N–H and O–H groups in total. The molecule has 0 unspecified atom stereocenters. The summed E-state index contributed by atoms with van der Waals surface area (Å²) in [5, 5.41) is 22.3. The Balaban J connectivity index is 1.16. The van der Waals surface area contributed by atoms with E-state index in [2.05, 4.69) is 10.2 Å². The van der Waals surface area contributed by atoms with Crippen molar-refractivity contribution in [2.45, 2.75) is 43.9 Å². The van der Waals surface area contributed by atoms with Crippen LogP contribution in [0.4, 0.5) is 4.39 Å². The quantitative estimate of drug-likeness (QED) is 0.453. The number of rotatable bonds is 8. The van der Waals surface area contributed by atoms with Gasteiger partial charge in [-0.2, -0.15) is 5.26 Å². The van der Waals surface area contributed by atoms with Gasteiger partial charge in [-0.1, -0.05) is 11.6 Å². The van der Waals surface area contributed by atoms with E-state index in [1.54, 1.807) is 30.5 Å². The van der Waals surface area contributed by atoms with Crippen molar-refractivity contribution in [3.05, 3.63) is 74.8 Å². The molecule has 2 aromatic carbocycles. The first-order valence-electron chi connectivity index (χ1n) is 12.7. The molecule has 1 saturated heterocycles. The summed E-state index contributed by atoms with van der Waals surface area (Å²) in [5.74, 6) is -0.561. The lowest BCUT2D eigenvalue weighted by Crippen LogP contribution is -2.47. The van der Waals surface area contributed by atoms with Gasteiger partial charge in [0.05, 0.1) is 22.2 Å². The van der Waals surface area contributed by atoms with Crippen molar-refractivity contribution in [2.24, 2.45) is 0 Å². The fourth-order valence-electron chi connectivity index (χ4n) is 4.85. The van der Waals surface area contributed by atoms with E-state index in [0.717, 1.165) is 18.9 Å². The molecule has 3 aromatic rings. The van der Waals surface area contributed by atoms with E-state index in [4.69, 9.17) is 21.6 Å². The number of ether oxygens (including phenoxy) is 1. The molecule has 2 fully saturated rings. The lowest BCUT2D eigenvalue weighted by Gasteiger charge is -2.33. The Morgan fingerprint density at radius 1 is 1.21 bits per heavy atom. The van der Waals surface area contributed by atoms with Gasteiger partial charge in [0.25, 0.3) is 5.91 Å². The summed E-state index contributed by atoms with van der Waals surface area (Å²) in [4.78, 5) is 28.3. The molecule has 198 valence electrons. The fourth-order valence-corrected chi connectivity index (χ4v) is 5.01. The second-order valence-corrected chi connectivity index (χ2v) is 10.4. The van der Waals surface area contributed by atoms with Crippen LogP contribution in [0, 0.1) is 17.1 Å². The van der Waals surface area contributed by atoms with Crippen LogP contribution in [0.5, 0.6) is 5.75 Å². The van der Waals surface area contributed by atoms with Gasteiger partial charge in [0, 0.05) is 43.3 Å². The van der Waals surface area contributed by atoms with Crippen molar-refractivity contribution in [1.29, 1.82) is 5.26 Å². The number of β-amino-alcohol motifs (C(OH)–C–C–N with tert-alkyl or cyclic N) is 1. The zero-order valence-electron chi connectivity index (χ0n) is 20.7. The summed E-state index contributed by atoms with van der Waals surface area (Å²) in [6, 6.07) is 11.4. The van der Waals surface area contributed by atoms with E-state index in [-0.39, 0.29) is 34.7 Å². The number of halogens is 2. The normalized spacial score (nSPS) is 17.2. The molecule has 0 bridgehead atoms. The molecule has 1 aliphatic heterocycles. The van der Waals surface area contributed by atoms with Crippen LogP contribution in [-0.2, 0) is 0 Å². The van der Waals surface area contributed by atoms with E-state index in [1.165, 1.54) is 6.07 Å². The molecule has 1 aliphatic carbocycles. The summed E-state index contributed by atoms with van der Waals surface area (Å²) in [7, 11) is 0. The van der Waals surface area contributed by atoms with Gasteiger partial charge in [0.2, 0.25) is 5.43 Å². The molecule has 2 aliphatic rings. The van der Waals surface area contributed by atoms with Crippen LogP contribution in [0.3, 0.4) is 0 Å². The smallest absolute Gasteiger partial charge is 0.256 e. The van der Waals surface area contributed by atoms with Gasteiger partial charge in [0.15, 0.2) is 0 Å². The summed E-state index contributed by atoms with van der Waals surface area (Å²) in [6.45, 7) is 1.91. The monoisotopic (exact) mass is 538 g/mol. The van der Waals surface area contributed by atoms with Gasteiger partial charge in [-0.3, -0.25) is 9.59 Å². The van der Waals surface area contributed by atoms with Gasteiger partial charge < -0.3 is 24.6 Å². The van der Waals surface area contributed by atoms with Gasteiger partial charge in [-0.25, -0.2) is 4.39 Å². The summed E-state index contributed by atoms with van der Waals surface area (Å²) in [5.41, 5.74) is 0.577. The maximum Gasteiger partial charge on any atom is 0.256 e. The van der Waals surface area contributed by atoms with Crippen LogP contribution in [0.1, 0.15) is 47.6 Å². The first-order valence-corrected chi connectivity index (χ1v) is 13.1. The number of amides is 1. The highest BCUT2D eigenvalue weighted by Gasteiger charge is 2.29. The molecular weight excluding hydrogens is 511 g/mol. The summed E-state index contributed by atoms with van der Waals surface area (Å²) in [6.07, 6.45) is 4.08. The number of benzene rings is 2. The van der Waals surface area contributed by atoms with E-state index >= 15 is 0 Å². The minimum Gasteiger partial charge on any atom is -0.491 e. The first-order chi connectivity index (χ1) is 18.3. The summed E-state index contributed by atoms with van der Waals surface area (Å²) >= 11 is 5.96. The van der Waals surface area contributed by atoms with E-state index in [1.807, 2.05) is 10.6 Å². The molecule has 8 nitrogen and oxygen atoms in total. The zero-order chi connectivity index (χ0) is 26.8. The number of aromatic nitrogens is 1. The first kappa shape index (κ1) is 26.2. The fraction of sp³-hybridized carbons (Fsp3) is 0.393. The van der Waals surface area contributed by atoms with Crippen molar-refractivity contribution >= 4 is 28.4 Å². The second-order valence-electron chi connectivity index (χ2n) is 9.94. The van der Waals surface area contributed by atoms with Crippen molar-refractivity contribution < 1.29 is 19.0 Å². The van der Waals surface area contributed by atoms with Gasteiger partial charge in [0.1, 0.15) is 29.8 Å². The molecule has 38 heavy (non-hydrogen) atoms. The average Bonchev–Trinajstić information content (AvgIpc) is 3.76. The average molecular weight is 539 g/mol. The van der Waals surface area contributed by atoms with Crippen molar-refractivity contribution in [1.82, 2.24) is 14.8 Å². The number of likely N-dealkylation sites (tertiary alicyclic amines) is 1. The molecule has 1 aromatic heterocycles. The number of aliphatic hydroxyl groups excluding tert-OH is 1. The zero-order valence-corrected chi connectivity index (χ0v) is 21.5. The molecule has 2 heterocycles. The number of fused-ring (bicyclic) bond motifs is 1. The molecular formula is C28H28ClFN4O4. The number of pyridine rings is 1. The third-order valence-electron chi connectivity index (χ3n) is 7.08. The predicted octanol–water partition coefficient (Wildman–Crippen LogP) is 3.63. The maximum absolute atomic E-state index is 14.2. The Labute approximate surface area is 224 Å².